The highest BCUT2D eigenvalue weighted by atomic mass is 79.9. The minimum atomic E-state index is -0.344. The van der Waals surface area contributed by atoms with Crippen LogP contribution in [-0.2, 0) is 4.74 Å². The third-order valence-electron chi connectivity index (χ3n) is 1.73. The number of hydrogen-bond donors (Lipinski definition) is 1. The Balaban J connectivity index is 2.68. The van der Waals surface area contributed by atoms with Crippen LogP contribution in [0.5, 0.6) is 0 Å². The SMILES string of the molecule is CSCCOC(=O)c1cc(N)ccc1Br. The Labute approximate surface area is 101 Å². The number of nitrogen functional groups attached to an aromatic ring is 1. The van der Waals surface area contributed by atoms with Gasteiger partial charge in [0, 0.05) is 15.9 Å². The highest BCUT2D eigenvalue weighted by Crippen LogP contribution is 2.20. The Morgan fingerprint density at radius 2 is 2.33 bits per heavy atom. The number of esters is 1. The molecular weight excluding hydrogens is 278 g/mol. The maximum atomic E-state index is 11.6. The quantitative estimate of drug-likeness (QED) is 0.526. The van der Waals surface area contributed by atoms with Gasteiger partial charge in [0.25, 0.3) is 0 Å². The lowest BCUT2D eigenvalue weighted by Gasteiger charge is -2.06. The van der Waals surface area contributed by atoms with Gasteiger partial charge >= 0.3 is 5.97 Å². The van der Waals surface area contributed by atoms with Crippen molar-refractivity contribution in [3.63, 3.8) is 0 Å². The Kier molecular flexibility index (Phi) is 4.98. The lowest BCUT2D eigenvalue weighted by atomic mass is 10.2. The number of halogens is 1. The van der Waals surface area contributed by atoms with Crippen molar-refractivity contribution in [2.45, 2.75) is 0 Å². The molecule has 2 N–H and O–H groups in total. The Hall–Kier alpha value is -0.680. The summed E-state index contributed by atoms with van der Waals surface area (Å²) in [5.41, 5.74) is 6.61. The fraction of sp³-hybridized carbons (Fsp3) is 0.300. The molecule has 0 atom stereocenters. The molecule has 0 amide bonds. The Morgan fingerprint density at radius 1 is 1.60 bits per heavy atom. The van der Waals surface area contributed by atoms with Crippen LogP contribution in [0.3, 0.4) is 0 Å². The van der Waals surface area contributed by atoms with Gasteiger partial charge in [-0.2, -0.15) is 11.8 Å². The van der Waals surface area contributed by atoms with Crippen molar-refractivity contribution in [1.29, 1.82) is 0 Å². The number of carbonyl (C=O) groups is 1. The molecule has 0 aromatic heterocycles. The second-order valence-electron chi connectivity index (χ2n) is 2.87. The molecule has 82 valence electrons. The molecule has 0 unspecified atom stereocenters. The third kappa shape index (κ3) is 3.76. The van der Waals surface area contributed by atoms with Crippen LogP contribution < -0.4 is 5.73 Å². The molecule has 0 aliphatic rings. The van der Waals surface area contributed by atoms with Crippen molar-refractivity contribution < 1.29 is 9.53 Å². The smallest absolute Gasteiger partial charge is 0.339 e. The minimum Gasteiger partial charge on any atom is -0.461 e. The van der Waals surface area contributed by atoms with Gasteiger partial charge in [0.15, 0.2) is 0 Å². The number of carbonyl (C=O) groups excluding carboxylic acids is 1. The van der Waals surface area contributed by atoms with Crippen LogP contribution in [0.25, 0.3) is 0 Å². The van der Waals surface area contributed by atoms with Crippen molar-refractivity contribution in [2.75, 3.05) is 24.3 Å². The predicted molar refractivity (Wildman–Crippen MR) is 67.2 cm³/mol. The first-order chi connectivity index (χ1) is 7.15. The highest BCUT2D eigenvalue weighted by Gasteiger charge is 2.11. The van der Waals surface area contributed by atoms with Crippen LogP contribution in [0.4, 0.5) is 5.69 Å². The fourth-order valence-corrected chi connectivity index (χ4v) is 1.65. The van der Waals surface area contributed by atoms with E-state index in [0.717, 1.165) is 5.75 Å². The number of thioether (sulfide) groups is 1. The number of anilines is 1. The number of rotatable bonds is 4. The van der Waals surface area contributed by atoms with Crippen LogP contribution in [0.15, 0.2) is 22.7 Å². The topological polar surface area (TPSA) is 52.3 Å². The summed E-state index contributed by atoms with van der Waals surface area (Å²) < 4.78 is 5.76. The summed E-state index contributed by atoms with van der Waals surface area (Å²) in [6, 6.07) is 5.06. The maximum absolute atomic E-state index is 11.6. The van der Waals surface area contributed by atoms with Crippen molar-refractivity contribution >= 4 is 39.3 Å². The zero-order chi connectivity index (χ0) is 11.3. The van der Waals surface area contributed by atoms with E-state index in [1.54, 1.807) is 30.0 Å². The second kappa shape index (κ2) is 6.02. The summed E-state index contributed by atoms with van der Waals surface area (Å²) in [6.07, 6.45) is 1.96. The molecule has 3 nitrogen and oxygen atoms in total. The van der Waals surface area contributed by atoms with E-state index >= 15 is 0 Å². The van der Waals surface area contributed by atoms with E-state index in [0.29, 0.717) is 22.3 Å². The number of ether oxygens (including phenoxy) is 1. The molecule has 0 bridgehead atoms. The molecule has 0 radical (unpaired) electrons. The molecule has 0 spiro atoms. The molecule has 0 saturated heterocycles. The number of nitrogens with two attached hydrogens (primary N) is 1. The molecular formula is C10H12BrNO2S. The van der Waals surface area contributed by atoms with Crippen LogP contribution in [0.2, 0.25) is 0 Å². The van der Waals surface area contributed by atoms with Crippen molar-refractivity contribution in [2.24, 2.45) is 0 Å². The lowest BCUT2D eigenvalue weighted by Crippen LogP contribution is -2.09. The van der Waals surface area contributed by atoms with E-state index in [-0.39, 0.29) is 5.97 Å². The van der Waals surface area contributed by atoms with Gasteiger partial charge in [-0.25, -0.2) is 4.79 Å². The van der Waals surface area contributed by atoms with Gasteiger partial charge in [-0.1, -0.05) is 0 Å². The number of benzene rings is 1. The van der Waals surface area contributed by atoms with Gasteiger partial charge in [-0.3, -0.25) is 0 Å². The van der Waals surface area contributed by atoms with Crippen molar-refractivity contribution in [1.82, 2.24) is 0 Å². The van der Waals surface area contributed by atoms with Crippen LogP contribution in [0.1, 0.15) is 10.4 Å². The van der Waals surface area contributed by atoms with E-state index in [1.165, 1.54) is 0 Å². The van der Waals surface area contributed by atoms with Crippen molar-refractivity contribution in [3.8, 4) is 0 Å². The molecule has 0 fully saturated rings. The average molecular weight is 290 g/mol. The first-order valence-corrected chi connectivity index (χ1v) is 6.55. The summed E-state index contributed by atoms with van der Waals surface area (Å²) in [6.45, 7) is 0.418. The molecule has 0 aliphatic carbocycles. The Bertz CT molecular complexity index is 357. The first-order valence-electron chi connectivity index (χ1n) is 4.36. The van der Waals surface area contributed by atoms with Gasteiger partial charge in [-0.15, -0.1) is 0 Å². The van der Waals surface area contributed by atoms with Crippen LogP contribution in [0, 0.1) is 0 Å². The lowest BCUT2D eigenvalue weighted by molar-refractivity contribution is 0.0529. The van der Waals surface area contributed by atoms with E-state index in [2.05, 4.69) is 15.9 Å². The van der Waals surface area contributed by atoms with E-state index in [1.807, 2.05) is 6.26 Å². The molecule has 1 aromatic rings. The van der Waals surface area contributed by atoms with Gasteiger partial charge < -0.3 is 10.5 Å². The standard InChI is InChI=1S/C10H12BrNO2S/c1-15-5-4-14-10(13)8-6-7(12)2-3-9(8)11/h2-3,6H,4-5,12H2,1H3. The molecule has 5 heteroatoms. The van der Waals surface area contributed by atoms with Gasteiger partial charge in [-0.05, 0) is 40.4 Å². The van der Waals surface area contributed by atoms with Gasteiger partial charge in [0.2, 0.25) is 0 Å². The summed E-state index contributed by atoms with van der Waals surface area (Å²) in [4.78, 5) is 11.6. The maximum Gasteiger partial charge on any atom is 0.339 e. The predicted octanol–water partition coefficient (Wildman–Crippen LogP) is 2.55. The molecule has 0 saturated carbocycles. The molecule has 0 aliphatic heterocycles. The van der Waals surface area contributed by atoms with Crippen LogP contribution in [-0.4, -0.2) is 24.6 Å². The van der Waals surface area contributed by atoms with Gasteiger partial charge in [0.1, 0.15) is 6.61 Å². The average Bonchev–Trinajstić information content (AvgIpc) is 2.22. The highest BCUT2D eigenvalue weighted by molar-refractivity contribution is 9.10. The minimum absolute atomic E-state index is 0.344. The molecule has 0 heterocycles. The van der Waals surface area contributed by atoms with Crippen molar-refractivity contribution in [3.05, 3.63) is 28.2 Å². The van der Waals surface area contributed by atoms with E-state index in [9.17, 15) is 4.79 Å². The fourth-order valence-electron chi connectivity index (χ4n) is 0.995. The summed E-state index contributed by atoms with van der Waals surface area (Å²) >= 11 is 4.91. The largest absolute Gasteiger partial charge is 0.461 e. The number of hydrogen-bond acceptors (Lipinski definition) is 4. The first kappa shape index (κ1) is 12.4. The zero-order valence-corrected chi connectivity index (χ0v) is 10.7. The second-order valence-corrected chi connectivity index (χ2v) is 4.71. The summed E-state index contributed by atoms with van der Waals surface area (Å²) in [7, 11) is 0. The van der Waals surface area contributed by atoms with Gasteiger partial charge in [0.05, 0.1) is 5.56 Å². The summed E-state index contributed by atoms with van der Waals surface area (Å²) in [5, 5.41) is 0. The zero-order valence-electron chi connectivity index (χ0n) is 8.33. The Morgan fingerprint density at radius 3 is 3.00 bits per heavy atom. The molecule has 1 aromatic carbocycles. The van der Waals surface area contributed by atoms with E-state index < -0.39 is 0 Å². The molecule has 15 heavy (non-hydrogen) atoms. The molecule has 1 rings (SSSR count). The third-order valence-corrected chi connectivity index (χ3v) is 3.00. The van der Waals surface area contributed by atoms with Crippen LogP contribution >= 0.6 is 27.7 Å². The summed E-state index contributed by atoms with van der Waals surface area (Å²) in [5.74, 6) is 0.453. The normalized spacial score (nSPS) is 10.0. The monoisotopic (exact) mass is 289 g/mol. The van der Waals surface area contributed by atoms with E-state index in [4.69, 9.17) is 10.5 Å².